The van der Waals surface area contributed by atoms with Gasteiger partial charge in [-0.2, -0.15) is 10.1 Å². The van der Waals surface area contributed by atoms with Crippen LogP contribution in [0.15, 0.2) is 18.7 Å². The lowest BCUT2D eigenvalue weighted by Crippen LogP contribution is -2.12. The first-order chi connectivity index (χ1) is 6.31. The summed E-state index contributed by atoms with van der Waals surface area (Å²) >= 11 is 0. The summed E-state index contributed by atoms with van der Waals surface area (Å²) < 4.78 is 1.49. The highest BCUT2D eigenvalue weighted by atomic mass is 16.3. The van der Waals surface area contributed by atoms with Crippen LogP contribution in [0.1, 0.15) is 11.7 Å². The maximum Gasteiger partial charge on any atom is 0.252 e. The predicted molar refractivity (Wildman–Crippen MR) is 44.8 cm³/mol. The molecule has 0 aliphatic carbocycles. The van der Waals surface area contributed by atoms with Crippen molar-refractivity contribution in [3.05, 3.63) is 24.3 Å². The molecule has 0 spiro atoms. The largest absolute Gasteiger partial charge is 0.387 e. The molecular formula is C7H9N5O. The molecule has 1 atom stereocenters. The van der Waals surface area contributed by atoms with E-state index < -0.39 is 6.10 Å². The number of hydrogen-bond donors (Lipinski definition) is 2. The lowest BCUT2D eigenvalue weighted by atomic mass is 10.2. The smallest absolute Gasteiger partial charge is 0.252 e. The van der Waals surface area contributed by atoms with Crippen LogP contribution in [-0.4, -0.2) is 31.2 Å². The highest BCUT2D eigenvalue weighted by molar-refractivity contribution is 5.26. The van der Waals surface area contributed by atoms with E-state index in [0.29, 0.717) is 11.3 Å². The fraction of sp³-hybridized carbons (Fsp3) is 0.286. The van der Waals surface area contributed by atoms with E-state index >= 15 is 0 Å². The lowest BCUT2D eigenvalue weighted by Gasteiger charge is -2.06. The number of aromatic nitrogens is 4. The summed E-state index contributed by atoms with van der Waals surface area (Å²) in [5.41, 5.74) is 5.94. The summed E-state index contributed by atoms with van der Waals surface area (Å²) in [5.74, 6) is 0.507. The Hall–Kier alpha value is -1.53. The first kappa shape index (κ1) is 8.09. The summed E-state index contributed by atoms with van der Waals surface area (Å²) in [6.07, 6.45) is 3.91. The van der Waals surface area contributed by atoms with Crippen molar-refractivity contribution in [1.29, 1.82) is 0 Å². The van der Waals surface area contributed by atoms with Gasteiger partial charge in [0.05, 0.1) is 6.10 Å². The Bertz CT molecular complexity index is 412. The minimum atomic E-state index is -0.693. The van der Waals surface area contributed by atoms with Crippen molar-refractivity contribution in [2.45, 2.75) is 6.10 Å². The molecule has 0 radical (unpaired) electrons. The number of nitrogens with two attached hydrogens (primary N) is 1. The normalized spacial score (nSPS) is 13.4. The molecular weight excluding hydrogens is 170 g/mol. The zero-order valence-electron chi connectivity index (χ0n) is 6.83. The summed E-state index contributed by atoms with van der Waals surface area (Å²) in [6, 6.07) is 0. The lowest BCUT2D eigenvalue weighted by molar-refractivity contribution is 0.185. The fourth-order valence-electron chi connectivity index (χ4n) is 1.04. The Labute approximate surface area is 74.0 Å². The van der Waals surface area contributed by atoms with Gasteiger partial charge in [-0.1, -0.05) is 0 Å². The summed E-state index contributed by atoms with van der Waals surface area (Å²) in [6.45, 7) is 0.169. The van der Waals surface area contributed by atoms with E-state index in [2.05, 4.69) is 15.1 Å². The van der Waals surface area contributed by atoms with E-state index in [1.807, 2.05) is 0 Å². The Morgan fingerprint density at radius 1 is 1.54 bits per heavy atom. The van der Waals surface area contributed by atoms with Gasteiger partial charge in [-0.25, -0.2) is 9.50 Å². The van der Waals surface area contributed by atoms with Crippen LogP contribution in [0, 0.1) is 0 Å². The minimum Gasteiger partial charge on any atom is -0.387 e. The molecule has 3 N–H and O–H groups in total. The van der Waals surface area contributed by atoms with Gasteiger partial charge in [0, 0.05) is 24.5 Å². The molecule has 68 valence electrons. The van der Waals surface area contributed by atoms with Crippen LogP contribution in [-0.2, 0) is 0 Å². The van der Waals surface area contributed by atoms with Crippen LogP contribution in [0.4, 0.5) is 0 Å². The van der Waals surface area contributed by atoms with Crippen LogP contribution in [0.3, 0.4) is 0 Å². The zero-order valence-corrected chi connectivity index (χ0v) is 6.83. The highest BCUT2D eigenvalue weighted by Crippen LogP contribution is 2.08. The molecule has 1 unspecified atom stereocenters. The molecule has 2 heterocycles. The SMILES string of the molecule is NCC(O)c1cnc2ncnn2c1. The molecule has 0 aliphatic rings. The fourth-order valence-corrected chi connectivity index (χ4v) is 1.04. The summed E-state index contributed by atoms with van der Waals surface area (Å²) in [7, 11) is 0. The first-order valence-electron chi connectivity index (χ1n) is 3.84. The standard InChI is InChI=1S/C7H9N5O/c8-1-6(13)5-2-9-7-10-4-11-12(7)3-5/h2-4,6,13H,1,8H2. The molecule has 6 nitrogen and oxygen atoms in total. The van der Waals surface area contributed by atoms with Crippen molar-refractivity contribution in [3.63, 3.8) is 0 Å². The average molecular weight is 179 g/mol. The van der Waals surface area contributed by atoms with Crippen molar-refractivity contribution in [3.8, 4) is 0 Å². The van der Waals surface area contributed by atoms with Crippen LogP contribution < -0.4 is 5.73 Å². The molecule has 0 aromatic carbocycles. The number of rotatable bonds is 2. The molecule has 0 amide bonds. The first-order valence-corrected chi connectivity index (χ1v) is 3.84. The molecule has 0 aliphatic heterocycles. The third-order valence-electron chi connectivity index (χ3n) is 1.76. The van der Waals surface area contributed by atoms with Crippen LogP contribution >= 0.6 is 0 Å². The molecule has 13 heavy (non-hydrogen) atoms. The number of fused-ring (bicyclic) bond motifs is 1. The third-order valence-corrected chi connectivity index (χ3v) is 1.76. The maximum atomic E-state index is 9.40. The Balaban J connectivity index is 2.48. The molecule has 0 saturated heterocycles. The second-order valence-corrected chi connectivity index (χ2v) is 2.64. The second kappa shape index (κ2) is 3.08. The van der Waals surface area contributed by atoms with Gasteiger partial charge < -0.3 is 10.8 Å². The minimum absolute atomic E-state index is 0.169. The van der Waals surface area contributed by atoms with Gasteiger partial charge >= 0.3 is 0 Å². The maximum absolute atomic E-state index is 9.40. The van der Waals surface area contributed by atoms with Gasteiger partial charge in [-0.3, -0.25) is 0 Å². The molecule has 0 bridgehead atoms. The summed E-state index contributed by atoms with van der Waals surface area (Å²) in [5, 5.41) is 13.3. The van der Waals surface area contributed by atoms with Crippen LogP contribution in [0.5, 0.6) is 0 Å². The number of aliphatic hydroxyl groups excluding tert-OH is 1. The number of nitrogens with zero attached hydrogens (tertiary/aromatic N) is 4. The van der Waals surface area contributed by atoms with E-state index in [9.17, 15) is 5.11 Å². The number of aliphatic hydroxyl groups is 1. The van der Waals surface area contributed by atoms with E-state index in [1.54, 1.807) is 12.4 Å². The van der Waals surface area contributed by atoms with Crippen LogP contribution in [0.25, 0.3) is 5.78 Å². The topological polar surface area (TPSA) is 89.3 Å². The second-order valence-electron chi connectivity index (χ2n) is 2.64. The van der Waals surface area contributed by atoms with E-state index in [4.69, 9.17) is 5.73 Å². The van der Waals surface area contributed by atoms with Crippen molar-refractivity contribution in [2.75, 3.05) is 6.54 Å². The summed E-state index contributed by atoms with van der Waals surface area (Å²) in [4.78, 5) is 7.86. The van der Waals surface area contributed by atoms with Gasteiger partial charge in [-0.05, 0) is 0 Å². The van der Waals surface area contributed by atoms with Gasteiger partial charge in [0.25, 0.3) is 5.78 Å². The third kappa shape index (κ3) is 1.36. The molecule has 2 aromatic heterocycles. The Morgan fingerprint density at radius 3 is 3.15 bits per heavy atom. The molecule has 2 aromatic rings. The molecule has 2 rings (SSSR count). The van der Waals surface area contributed by atoms with Gasteiger partial charge in [-0.15, -0.1) is 0 Å². The van der Waals surface area contributed by atoms with E-state index in [-0.39, 0.29) is 6.54 Å². The Morgan fingerprint density at radius 2 is 2.38 bits per heavy atom. The van der Waals surface area contributed by atoms with E-state index in [0.717, 1.165) is 0 Å². The van der Waals surface area contributed by atoms with Crippen LogP contribution in [0.2, 0.25) is 0 Å². The quantitative estimate of drug-likeness (QED) is 0.624. The van der Waals surface area contributed by atoms with Crippen molar-refractivity contribution in [2.24, 2.45) is 5.73 Å². The van der Waals surface area contributed by atoms with Gasteiger partial charge in [0.15, 0.2) is 0 Å². The number of hydrogen-bond acceptors (Lipinski definition) is 5. The monoisotopic (exact) mass is 179 g/mol. The van der Waals surface area contributed by atoms with Crippen molar-refractivity contribution >= 4 is 5.78 Å². The highest BCUT2D eigenvalue weighted by Gasteiger charge is 2.06. The van der Waals surface area contributed by atoms with Gasteiger partial charge in [0.2, 0.25) is 0 Å². The van der Waals surface area contributed by atoms with Crippen molar-refractivity contribution < 1.29 is 5.11 Å². The molecule has 6 heteroatoms. The predicted octanol–water partition coefficient (Wildman–Crippen LogP) is -0.884. The molecule has 0 saturated carbocycles. The van der Waals surface area contributed by atoms with E-state index in [1.165, 1.54) is 10.8 Å². The Kier molecular flexibility index (Phi) is 1.91. The van der Waals surface area contributed by atoms with Gasteiger partial charge in [0.1, 0.15) is 6.33 Å². The molecule has 0 fully saturated rings. The zero-order chi connectivity index (χ0) is 9.26. The van der Waals surface area contributed by atoms with Crippen molar-refractivity contribution in [1.82, 2.24) is 19.6 Å². The average Bonchev–Trinajstić information content (AvgIpc) is 2.63.